The van der Waals surface area contributed by atoms with Crippen LogP contribution in [0.5, 0.6) is 0 Å². The van der Waals surface area contributed by atoms with Crippen LogP contribution < -0.4 is 10.6 Å². The Hall–Kier alpha value is -1.25. The normalized spacial score (nSPS) is 12.9. The molecule has 1 rings (SSSR count). The van der Waals surface area contributed by atoms with Gasteiger partial charge in [0, 0.05) is 24.5 Å². The van der Waals surface area contributed by atoms with Crippen molar-refractivity contribution in [2.45, 2.75) is 33.2 Å². The maximum Gasteiger partial charge on any atom is 0.127 e. The van der Waals surface area contributed by atoms with Gasteiger partial charge in [0.25, 0.3) is 0 Å². The Morgan fingerprint density at radius 1 is 1.25 bits per heavy atom. The molecule has 90 valence electrons. The first-order valence-electron chi connectivity index (χ1n) is 5.69. The van der Waals surface area contributed by atoms with Crippen molar-refractivity contribution in [1.29, 1.82) is 0 Å². The van der Waals surface area contributed by atoms with Gasteiger partial charge in [0.2, 0.25) is 0 Å². The second kappa shape index (κ2) is 5.19. The van der Waals surface area contributed by atoms with Crippen LogP contribution in [0.4, 0.5) is 15.8 Å². The third kappa shape index (κ3) is 3.40. The van der Waals surface area contributed by atoms with E-state index in [1.54, 1.807) is 6.07 Å². The predicted octanol–water partition coefficient (Wildman–Crippen LogP) is 3.28. The molecular formula is C13H21FN2. The first-order chi connectivity index (χ1) is 7.40. The number of rotatable bonds is 4. The molecule has 1 unspecified atom stereocenters. The average molecular weight is 224 g/mol. The van der Waals surface area contributed by atoms with E-state index in [-0.39, 0.29) is 5.82 Å². The monoisotopic (exact) mass is 224 g/mol. The summed E-state index contributed by atoms with van der Waals surface area (Å²) in [7, 11) is 1.97. The first-order valence-corrected chi connectivity index (χ1v) is 5.69. The quantitative estimate of drug-likeness (QED) is 0.795. The van der Waals surface area contributed by atoms with Crippen LogP contribution in [0.2, 0.25) is 0 Å². The van der Waals surface area contributed by atoms with E-state index in [2.05, 4.69) is 25.7 Å². The molecule has 0 spiro atoms. The van der Waals surface area contributed by atoms with Gasteiger partial charge in [-0.2, -0.15) is 0 Å². The van der Waals surface area contributed by atoms with Gasteiger partial charge in [0.15, 0.2) is 0 Å². The molecule has 0 amide bonds. The maximum absolute atomic E-state index is 13.2. The highest BCUT2D eigenvalue weighted by Crippen LogP contribution is 2.22. The van der Waals surface area contributed by atoms with Crippen molar-refractivity contribution in [2.75, 3.05) is 17.7 Å². The first kappa shape index (κ1) is 12.8. The lowest BCUT2D eigenvalue weighted by Crippen LogP contribution is -2.30. The van der Waals surface area contributed by atoms with Crippen molar-refractivity contribution in [3.63, 3.8) is 0 Å². The molecule has 0 aliphatic heterocycles. The molecule has 0 radical (unpaired) electrons. The molecule has 16 heavy (non-hydrogen) atoms. The zero-order valence-electron chi connectivity index (χ0n) is 10.5. The van der Waals surface area contributed by atoms with E-state index in [0.717, 1.165) is 12.1 Å². The molecule has 0 aliphatic rings. The summed E-state index contributed by atoms with van der Waals surface area (Å²) >= 11 is 0. The molecular weight excluding hydrogens is 203 g/mol. The van der Waals surface area contributed by atoms with Gasteiger partial charge in [-0.3, -0.25) is 0 Å². The van der Waals surface area contributed by atoms with Crippen molar-refractivity contribution < 1.29 is 4.39 Å². The third-order valence-corrected chi connectivity index (χ3v) is 2.79. The fourth-order valence-corrected chi connectivity index (χ4v) is 1.89. The lowest BCUT2D eigenvalue weighted by Gasteiger charge is -2.28. The topological polar surface area (TPSA) is 29.3 Å². The Labute approximate surface area is 97.3 Å². The van der Waals surface area contributed by atoms with Gasteiger partial charge in [-0.25, -0.2) is 4.39 Å². The van der Waals surface area contributed by atoms with Crippen LogP contribution in [0.1, 0.15) is 27.2 Å². The molecule has 1 aromatic carbocycles. The lowest BCUT2D eigenvalue weighted by atomic mass is 10.0. The summed E-state index contributed by atoms with van der Waals surface area (Å²) in [6, 6.07) is 5.04. The van der Waals surface area contributed by atoms with Crippen LogP contribution >= 0.6 is 0 Å². The van der Waals surface area contributed by atoms with E-state index in [0.29, 0.717) is 17.6 Å². The summed E-state index contributed by atoms with van der Waals surface area (Å²) in [6.07, 6.45) is 1.08. The minimum atomic E-state index is -0.279. The van der Waals surface area contributed by atoms with Gasteiger partial charge in [-0.1, -0.05) is 13.8 Å². The van der Waals surface area contributed by atoms with Crippen LogP contribution in [0, 0.1) is 11.7 Å². The van der Waals surface area contributed by atoms with Crippen molar-refractivity contribution in [3.05, 3.63) is 24.0 Å². The summed E-state index contributed by atoms with van der Waals surface area (Å²) in [6.45, 7) is 6.51. The zero-order chi connectivity index (χ0) is 12.3. The Morgan fingerprint density at radius 2 is 1.88 bits per heavy atom. The van der Waals surface area contributed by atoms with Crippen LogP contribution in [-0.2, 0) is 0 Å². The highest BCUT2D eigenvalue weighted by atomic mass is 19.1. The van der Waals surface area contributed by atoms with Crippen molar-refractivity contribution in [3.8, 4) is 0 Å². The lowest BCUT2D eigenvalue weighted by molar-refractivity contribution is 0.503. The van der Waals surface area contributed by atoms with Crippen molar-refractivity contribution in [1.82, 2.24) is 0 Å². The Bertz CT molecular complexity index is 330. The fraction of sp³-hybridized carbons (Fsp3) is 0.538. The predicted molar refractivity (Wildman–Crippen MR) is 68.1 cm³/mol. The smallest absolute Gasteiger partial charge is 0.127 e. The Morgan fingerprint density at radius 3 is 2.38 bits per heavy atom. The number of halogens is 1. The molecule has 0 heterocycles. The van der Waals surface area contributed by atoms with E-state index in [1.807, 2.05) is 7.05 Å². The Balaban J connectivity index is 2.82. The summed E-state index contributed by atoms with van der Waals surface area (Å²) in [5.74, 6) is 0.349. The van der Waals surface area contributed by atoms with Crippen molar-refractivity contribution in [2.24, 2.45) is 5.92 Å². The summed E-state index contributed by atoms with van der Waals surface area (Å²) < 4.78 is 13.2. The molecule has 3 heteroatoms. The number of nitrogen functional groups attached to an aromatic ring is 1. The standard InChI is InChI=1S/C13H21FN2/c1-9(2)5-10(3)16(4)13-7-11(14)6-12(15)8-13/h6-10H,5,15H2,1-4H3. The van der Waals surface area contributed by atoms with E-state index >= 15 is 0 Å². The molecule has 0 aliphatic carbocycles. The van der Waals surface area contributed by atoms with Gasteiger partial charge in [-0.15, -0.1) is 0 Å². The molecule has 0 bridgehead atoms. The molecule has 1 aromatic rings. The summed E-state index contributed by atoms with van der Waals surface area (Å²) in [5.41, 5.74) is 6.94. The molecule has 0 fully saturated rings. The molecule has 2 nitrogen and oxygen atoms in total. The van der Waals surface area contributed by atoms with Crippen LogP contribution in [0.15, 0.2) is 18.2 Å². The largest absolute Gasteiger partial charge is 0.399 e. The fourth-order valence-electron chi connectivity index (χ4n) is 1.89. The van der Waals surface area contributed by atoms with E-state index in [9.17, 15) is 4.39 Å². The van der Waals surface area contributed by atoms with Crippen LogP contribution in [0.3, 0.4) is 0 Å². The van der Waals surface area contributed by atoms with Crippen LogP contribution in [-0.4, -0.2) is 13.1 Å². The maximum atomic E-state index is 13.2. The number of hydrogen-bond acceptors (Lipinski definition) is 2. The molecule has 2 N–H and O–H groups in total. The molecule has 0 saturated heterocycles. The van der Waals surface area contributed by atoms with Gasteiger partial charge >= 0.3 is 0 Å². The van der Waals surface area contributed by atoms with E-state index < -0.39 is 0 Å². The van der Waals surface area contributed by atoms with Gasteiger partial charge in [0.05, 0.1) is 0 Å². The van der Waals surface area contributed by atoms with Crippen LogP contribution in [0.25, 0.3) is 0 Å². The van der Waals surface area contributed by atoms with Gasteiger partial charge < -0.3 is 10.6 Å². The van der Waals surface area contributed by atoms with E-state index in [4.69, 9.17) is 5.73 Å². The molecule has 0 aromatic heterocycles. The number of anilines is 2. The Kier molecular flexibility index (Phi) is 4.16. The van der Waals surface area contributed by atoms with Gasteiger partial charge in [-0.05, 0) is 37.5 Å². The minimum absolute atomic E-state index is 0.279. The number of nitrogens with two attached hydrogens (primary N) is 1. The number of hydrogen-bond donors (Lipinski definition) is 1. The average Bonchev–Trinajstić information content (AvgIpc) is 2.13. The molecule has 0 saturated carbocycles. The molecule has 1 atom stereocenters. The zero-order valence-corrected chi connectivity index (χ0v) is 10.5. The highest BCUT2D eigenvalue weighted by Gasteiger charge is 2.12. The second-order valence-corrected chi connectivity index (χ2v) is 4.83. The minimum Gasteiger partial charge on any atom is -0.399 e. The second-order valence-electron chi connectivity index (χ2n) is 4.83. The van der Waals surface area contributed by atoms with E-state index in [1.165, 1.54) is 12.1 Å². The number of nitrogens with zero attached hydrogens (tertiary/aromatic N) is 1. The summed E-state index contributed by atoms with van der Waals surface area (Å²) in [4.78, 5) is 2.07. The summed E-state index contributed by atoms with van der Waals surface area (Å²) in [5, 5.41) is 0. The third-order valence-electron chi connectivity index (χ3n) is 2.79. The number of benzene rings is 1. The SMILES string of the molecule is CC(C)CC(C)N(C)c1cc(N)cc(F)c1. The van der Waals surface area contributed by atoms with Crippen molar-refractivity contribution >= 4 is 11.4 Å². The highest BCUT2D eigenvalue weighted by molar-refractivity contribution is 5.56. The van der Waals surface area contributed by atoms with Gasteiger partial charge in [0.1, 0.15) is 5.82 Å².